The van der Waals surface area contributed by atoms with Crippen LogP contribution in [0.3, 0.4) is 0 Å². The van der Waals surface area contributed by atoms with Crippen molar-refractivity contribution in [1.82, 2.24) is 0 Å². The van der Waals surface area contributed by atoms with Crippen molar-refractivity contribution in [3.8, 4) is 5.75 Å². The van der Waals surface area contributed by atoms with E-state index in [2.05, 4.69) is 12.2 Å². The molecule has 1 aromatic rings. The second kappa shape index (κ2) is 6.30. The summed E-state index contributed by atoms with van der Waals surface area (Å²) in [5, 5.41) is 4.24. The standard InChI is InChI=1S/C14H20ClNO2/c1-3-12-9-11(6-7-18-12)16-13-8-10(15)4-5-14(13)17-2/h4-5,8,11-12,16H,3,6-7,9H2,1-2H3. The van der Waals surface area contributed by atoms with Crippen LogP contribution in [0, 0.1) is 0 Å². The predicted molar refractivity (Wildman–Crippen MR) is 74.7 cm³/mol. The topological polar surface area (TPSA) is 30.5 Å². The molecule has 0 aromatic heterocycles. The number of hydrogen-bond acceptors (Lipinski definition) is 3. The maximum atomic E-state index is 6.03. The van der Waals surface area contributed by atoms with Gasteiger partial charge in [-0.1, -0.05) is 18.5 Å². The van der Waals surface area contributed by atoms with Gasteiger partial charge in [0.1, 0.15) is 5.75 Å². The Hall–Kier alpha value is -0.930. The van der Waals surface area contributed by atoms with E-state index in [9.17, 15) is 0 Å². The van der Waals surface area contributed by atoms with Crippen molar-refractivity contribution in [2.75, 3.05) is 19.0 Å². The first-order chi connectivity index (χ1) is 8.72. The maximum absolute atomic E-state index is 6.03. The number of methoxy groups -OCH3 is 1. The normalized spacial score (nSPS) is 23.7. The average molecular weight is 270 g/mol. The average Bonchev–Trinajstić information content (AvgIpc) is 2.39. The van der Waals surface area contributed by atoms with E-state index in [0.29, 0.717) is 12.1 Å². The van der Waals surface area contributed by atoms with E-state index in [4.69, 9.17) is 21.1 Å². The summed E-state index contributed by atoms with van der Waals surface area (Å²) in [6.07, 6.45) is 3.48. The molecule has 1 aromatic carbocycles. The molecule has 0 radical (unpaired) electrons. The Morgan fingerprint density at radius 3 is 3.06 bits per heavy atom. The van der Waals surface area contributed by atoms with Crippen LogP contribution in [0.1, 0.15) is 26.2 Å². The van der Waals surface area contributed by atoms with Gasteiger partial charge < -0.3 is 14.8 Å². The number of rotatable bonds is 4. The molecule has 0 amide bonds. The van der Waals surface area contributed by atoms with E-state index in [0.717, 1.165) is 42.3 Å². The van der Waals surface area contributed by atoms with Crippen molar-refractivity contribution >= 4 is 17.3 Å². The Labute approximate surface area is 113 Å². The highest BCUT2D eigenvalue weighted by Crippen LogP contribution is 2.30. The number of ether oxygens (including phenoxy) is 2. The molecular formula is C14H20ClNO2. The Balaban J connectivity index is 2.06. The summed E-state index contributed by atoms with van der Waals surface area (Å²) in [6, 6.07) is 6.07. The Morgan fingerprint density at radius 2 is 2.33 bits per heavy atom. The summed E-state index contributed by atoms with van der Waals surface area (Å²) in [4.78, 5) is 0. The van der Waals surface area contributed by atoms with Crippen LogP contribution in [0.4, 0.5) is 5.69 Å². The monoisotopic (exact) mass is 269 g/mol. The molecular weight excluding hydrogens is 250 g/mol. The molecule has 3 nitrogen and oxygen atoms in total. The number of nitrogens with one attached hydrogen (secondary N) is 1. The molecule has 4 heteroatoms. The van der Waals surface area contributed by atoms with Crippen LogP contribution in [0.25, 0.3) is 0 Å². The van der Waals surface area contributed by atoms with E-state index >= 15 is 0 Å². The van der Waals surface area contributed by atoms with Crippen LogP contribution in [-0.2, 0) is 4.74 Å². The van der Waals surface area contributed by atoms with Gasteiger partial charge in [-0.25, -0.2) is 0 Å². The first-order valence-corrected chi connectivity index (χ1v) is 6.82. The highest BCUT2D eigenvalue weighted by Gasteiger charge is 2.21. The Bertz CT molecular complexity index is 397. The van der Waals surface area contributed by atoms with Gasteiger partial charge in [0.25, 0.3) is 0 Å². The molecule has 1 aliphatic heterocycles. The van der Waals surface area contributed by atoms with Crippen molar-refractivity contribution in [2.45, 2.75) is 38.3 Å². The largest absolute Gasteiger partial charge is 0.495 e. The molecule has 2 unspecified atom stereocenters. The van der Waals surface area contributed by atoms with E-state index in [1.54, 1.807) is 7.11 Å². The molecule has 1 saturated heterocycles. The van der Waals surface area contributed by atoms with Gasteiger partial charge in [0.05, 0.1) is 18.9 Å². The predicted octanol–water partition coefficient (Wildman–Crippen LogP) is 3.72. The molecule has 2 atom stereocenters. The van der Waals surface area contributed by atoms with Crippen molar-refractivity contribution in [1.29, 1.82) is 0 Å². The molecule has 0 spiro atoms. The van der Waals surface area contributed by atoms with Crippen molar-refractivity contribution in [3.05, 3.63) is 23.2 Å². The fourth-order valence-electron chi connectivity index (χ4n) is 2.31. The molecule has 0 bridgehead atoms. The van der Waals surface area contributed by atoms with Crippen LogP contribution < -0.4 is 10.1 Å². The Morgan fingerprint density at radius 1 is 1.50 bits per heavy atom. The van der Waals surface area contributed by atoms with Crippen LogP contribution >= 0.6 is 11.6 Å². The van der Waals surface area contributed by atoms with Gasteiger partial charge in [0, 0.05) is 17.7 Å². The van der Waals surface area contributed by atoms with Gasteiger partial charge in [0.2, 0.25) is 0 Å². The summed E-state index contributed by atoms with van der Waals surface area (Å²) >= 11 is 6.03. The second-order valence-electron chi connectivity index (χ2n) is 4.61. The Kier molecular flexibility index (Phi) is 4.72. The maximum Gasteiger partial charge on any atom is 0.142 e. The summed E-state index contributed by atoms with van der Waals surface area (Å²) in [5.41, 5.74) is 0.965. The van der Waals surface area contributed by atoms with Gasteiger partial charge in [-0.2, -0.15) is 0 Å². The minimum absolute atomic E-state index is 0.362. The summed E-state index contributed by atoms with van der Waals surface area (Å²) in [6.45, 7) is 2.98. The van der Waals surface area contributed by atoms with E-state index in [1.807, 2.05) is 18.2 Å². The molecule has 0 aliphatic carbocycles. The minimum atomic E-state index is 0.362. The highest BCUT2D eigenvalue weighted by molar-refractivity contribution is 6.30. The second-order valence-corrected chi connectivity index (χ2v) is 5.05. The van der Waals surface area contributed by atoms with Crippen LogP contribution in [0.5, 0.6) is 5.75 Å². The molecule has 1 fully saturated rings. The van der Waals surface area contributed by atoms with Gasteiger partial charge in [-0.15, -0.1) is 0 Å². The summed E-state index contributed by atoms with van der Waals surface area (Å²) in [5.74, 6) is 0.832. The quantitative estimate of drug-likeness (QED) is 0.904. The van der Waals surface area contributed by atoms with Crippen molar-refractivity contribution < 1.29 is 9.47 Å². The number of benzene rings is 1. The summed E-state index contributed by atoms with van der Waals surface area (Å²) < 4.78 is 11.0. The van der Waals surface area contributed by atoms with Crippen LogP contribution in [0.2, 0.25) is 5.02 Å². The van der Waals surface area contributed by atoms with Crippen molar-refractivity contribution in [2.24, 2.45) is 0 Å². The smallest absolute Gasteiger partial charge is 0.142 e. The highest BCUT2D eigenvalue weighted by atomic mass is 35.5. The molecule has 1 N–H and O–H groups in total. The lowest BCUT2D eigenvalue weighted by molar-refractivity contribution is 0.00923. The number of hydrogen-bond donors (Lipinski definition) is 1. The van der Waals surface area contributed by atoms with Gasteiger partial charge in [-0.3, -0.25) is 0 Å². The lowest BCUT2D eigenvalue weighted by Gasteiger charge is -2.30. The van der Waals surface area contributed by atoms with E-state index in [1.165, 1.54) is 0 Å². The third-order valence-electron chi connectivity index (χ3n) is 3.34. The molecule has 2 rings (SSSR count). The lowest BCUT2D eigenvalue weighted by atomic mass is 10.0. The first-order valence-electron chi connectivity index (χ1n) is 6.44. The van der Waals surface area contributed by atoms with Gasteiger partial charge in [-0.05, 0) is 37.5 Å². The van der Waals surface area contributed by atoms with Gasteiger partial charge in [0.15, 0.2) is 0 Å². The first kappa shape index (κ1) is 13.5. The molecule has 0 saturated carbocycles. The lowest BCUT2D eigenvalue weighted by Crippen LogP contribution is -2.33. The van der Waals surface area contributed by atoms with Crippen molar-refractivity contribution in [3.63, 3.8) is 0 Å². The molecule has 1 aliphatic rings. The third-order valence-corrected chi connectivity index (χ3v) is 3.58. The minimum Gasteiger partial charge on any atom is -0.495 e. The van der Waals surface area contributed by atoms with Gasteiger partial charge >= 0.3 is 0 Å². The zero-order chi connectivity index (χ0) is 13.0. The van der Waals surface area contributed by atoms with E-state index < -0.39 is 0 Å². The van der Waals surface area contributed by atoms with Crippen LogP contribution in [-0.4, -0.2) is 25.9 Å². The molecule has 1 heterocycles. The fraction of sp³-hybridized carbons (Fsp3) is 0.571. The van der Waals surface area contributed by atoms with E-state index in [-0.39, 0.29) is 0 Å². The zero-order valence-corrected chi connectivity index (χ0v) is 11.7. The molecule has 100 valence electrons. The van der Waals surface area contributed by atoms with Crippen LogP contribution in [0.15, 0.2) is 18.2 Å². The summed E-state index contributed by atoms with van der Waals surface area (Å²) in [7, 11) is 1.67. The fourth-order valence-corrected chi connectivity index (χ4v) is 2.48. The zero-order valence-electron chi connectivity index (χ0n) is 10.9. The SMILES string of the molecule is CCC1CC(Nc2cc(Cl)ccc2OC)CCO1. The number of halogens is 1. The number of anilines is 1. The molecule has 18 heavy (non-hydrogen) atoms. The third kappa shape index (κ3) is 3.30.